The Morgan fingerprint density at radius 1 is 1.35 bits per heavy atom. The van der Waals surface area contributed by atoms with Gasteiger partial charge in [-0.3, -0.25) is 9.89 Å². The smallest absolute Gasteiger partial charge is 0.238 e. The fourth-order valence-corrected chi connectivity index (χ4v) is 3.32. The van der Waals surface area contributed by atoms with Crippen LogP contribution in [0.3, 0.4) is 0 Å². The summed E-state index contributed by atoms with van der Waals surface area (Å²) in [5, 5.41) is 9.82. The third kappa shape index (κ3) is 2.94. The fourth-order valence-electron chi connectivity index (χ4n) is 3.32. The highest BCUT2D eigenvalue weighted by Crippen LogP contribution is 2.39. The van der Waals surface area contributed by atoms with Crippen molar-refractivity contribution >= 4 is 11.6 Å². The molecule has 0 saturated carbocycles. The van der Waals surface area contributed by atoms with Crippen LogP contribution in [0.25, 0.3) is 0 Å². The van der Waals surface area contributed by atoms with Gasteiger partial charge in [0, 0.05) is 17.4 Å². The van der Waals surface area contributed by atoms with Gasteiger partial charge >= 0.3 is 0 Å². The zero-order valence-corrected chi connectivity index (χ0v) is 12.9. The minimum absolute atomic E-state index is 0.0169. The van der Waals surface area contributed by atoms with E-state index in [9.17, 15) is 4.79 Å². The molecule has 0 radical (unpaired) electrons. The summed E-state index contributed by atoms with van der Waals surface area (Å²) >= 11 is 0. The lowest BCUT2D eigenvalue weighted by atomic mass is 9.88. The molecule has 1 aromatic carbocycles. The number of rotatable bonds is 4. The van der Waals surface area contributed by atoms with Crippen LogP contribution >= 0.6 is 0 Å². The van der Waals surface area contributed by atoms with E-state index in [0.717, 1.165) is 30.6 Å². The quantitative estimate of drug-likeness (QED) is 0.909. The maximum absolute atomic E-state index is 12.3. The molecule has 2 fully saturated rings. The number of anilines is 1. The van der Waals surface area contributed by atoms with Crippen molar-refractivity contribution in [2.24, 2.45) is 5.92 Å². The minimum atomic E-state index is -0.0169. The SMILES string of the molecule is Cc1cc(Oc2ccc(NC(=O)[C@@H]3C[C@H]4CC[C@H]3O4)cc2)n[nH]1. The molecule has 2 saturated heterocycles. The Morgan fingerprint density at radius 2 is 2.17 bits per heavy atom. The summed E-state index contributed by atoms with van der Waals surface area (Å²) in [4.78, 5) is 12.3. The summed E-state index contributed by atoms with van der Waals surface area (Å²) in [5.74, 6) is 1.24. The Labute approximate surface area is 134 Å². The van der Waals surface area contributed by atoms with E-state index in [4.69, 9.17) is 9.47 Å². The Hall–Kier alpha value is -2.34. The number of ether oxygens (including phenoxy) is 2. The molecule has 120 valence electrons. The predicted molar refractivity (Wildman–Crippen MR) is 84.5 cm³/mol. The van der Waals surface area contributed by atoms with Crippen LogP contribution in [0.2, 0.25) is 0 Å². The topological polar surface area (TPSA) is 76.2 Å². The normalized spacial score (nSPS) is 25.5. The number of aryl methyl sites for hydroxylation is 1. The first-order chi connectivity index (χ1) is 11.2. The third-order valence-electron chi connectivity index (χ3n) is 4.47. The molecule has 0 spiro atoms. The van der Waals surface area contributed by atoms with Crippen LogP contribution in [-0.4, -0.2) is 28.3 Å². The Kier molecular flexibility index (Phi) is 3.53. The molecular formula is C17H19N3O3. The Bertz CT molecular complexity index is 710. The molecule has 6 nitrogen and oxygen atoms in total. The van der Waals surface area contributed by atoms with Gasteiger partial charge < -0.3 is 14.8 Å². The van der Waals surface area contributed by atoms with Crippen LogP contribution in [0.4, 0.5) is 5.69 Å². The maximum Gasteiger partial charge on any atom is 0.238 e. The van der Waals surface area contributed by atoms with Gasteiger partial charge in [0.05, 0.1) is 18.1 Å². The molecule has 2 aliphatic rings. The molecule has 4 rings (SSSR count). The average Bonchev–Trinajstić information content (AvgIpc) is 3.26. The standard InChI is InChI=1S/C17H19N3O3/c1-10-8-16(20-19-10)23-12-4-2-11(3-5-12)18-17(21)14-9-13-6-7-15(14)22-13/h2-5,8,13-15H,6-7,9H2,1H3,(H,18,21)(H,19,20)/t13-,14-,15-/m1/s1. The zero-order valence-electron chi connectivity index (χ0n) is 12.9. The summed E-state index contributed by atoms with van der Waals surface area (Å²) in [7, 11) is 0. The second-order valence-electron chi connectivity index (χ2n) is 6.22. The monoisotopic (exact) mass is 313 g/mol. The number of fused-ring (bicyclic) bond motifs is 2. The molecule has 3 atom stereocenters. The first kappa shape index (κ1) is 14.3. The van der Waals surface area contributed by atoms with E-state index in [-0.39, 0.29) is 24.0 Å². The first-order valence-corrected chi connectivity index (χ1v) is 7.93. The van der Waals surface area contributed by atoms with Crippen LogP contribution in [0.15, 0.2) is 30.3 Å². The van der Waals surface area contributed by atoms with Crippen LogP contribution < -0.4 is 10.1 Å². The number of aromatic amines is 1. The van der Waals surface area contributed by atoms with Gasteiger partial charge in [0.2, 0.25) is 11.8 Å². The maximum atomic E-state index is 12.3. The van der Waals surface area contributed by atoms with Gasteiger partial charge in [-0.2, -0.15) is 0 Å². The average molecular weight is 313 g/mol. The largest absolute Gasteiger partial charge is 0.438 e. The first-order valence-electron chi connectivity index (χ1n) is 7.93. The van der Waals surface area contributed by atoms with Crippen LogP contribution in [0, 0.1) is 12.8 Å². The Morgan fingerprint density at radius 3 is 2.78 bits per heavy atom. The van der Waals surface area contributed by atoms with Gasteiger partial charge in [-0.05, 0) is 50.5 Å². The minimum Gasteiger partial charge on any atom is -0.438 e. The lowest BCUT2D eigenvalue weighted by Gasteiger charge is -2.18. The number of carbonyl (C=O) groups is 1. The summed E-state index contributed by atoms with van der Waals surface area (Å²) in [6.07, 6.45) is 3.32. The van der Waals surface area contributed by atoms with Gasteiger partial charge in [0.1, 0.15) is 5.75 Å². The highest BCUT2D eigenvalue weighted by Gasteiger charge is 2.44. The lowest BCUT2D eigenvalue weighted by molar-refractivity contribution is -0.121. The van der Waals surface area contributed by atoms with E-state index in [1.54, 1.807) is 0 Å². The highest BCUT2D eigenvalue weighted by atomic mass is 16.5. The van der Waals surface area contributed by atoms with Crippen LogP contribution in [0.1, 0.15) is 25.0 Å². The van der Waals surface area contributed by atoms with E-state index >= 15 is 0 Å². The molecule has 6 heteroatoms. The number of benzene rings is 1. The van der Waals surface area contributed by atoms with Crippen molar-refractivity contribution < 1.29 is 14.3 Å². The van der Waals surface area contributed by atoms with E-state index in [2.05, 4.69) is 15.5 Å². The number of nitrogens with one attached hydrogen (secondary N) is 2. The summed E-state index contributed by atoms with van der Waals surface area (Å²) < 4.78 is 11.4. The molecule has 2 bridgehead atoms. The molecule has 2 aromatic rings. The number of nitrogens with zero attached hydrogens (tertiary/aromatic N) is 1. The van der Waals surface area contributed by atoms with Gasteiger partial charge in [-0.15, -0.1) is 5.10 Å². The Balaban J connectivity index is 1.37. The number of hydrogen-bond donors (Lipinski definition) is 2. The number of amides is 1. The van der Waals surface area contributed by atoms with Gasteiger partial charge in [0.15, 0.2) is 0 Å². The fraction of sp³-hybridized carbons (Fsp3) is 0.412. The van der Waals surface area contributed by atoms with Crippen molar-refractivity contribution in [3.05, 3.63) is 36.0 Å². The summed E-state index contributed by atoms with van der Waals surface area (Å²) in [6.45, 7) is 1.91. The molecule has 1 amide bonds. The molecule has 2 N–H and O–H groups in total. The van der Waals surface area contributed by atoms with Gasteiger partial charge in [-0.1, -0.05) is 0 Å². The van der Waals surface area contributed by atoms with Crippen LogP contribution in [-0.2, 0) is 9.53 Å². The van der Waals surface area contributed by atoms with Crippen molar-refractivity contribution in [3.8, 4) is 11.6 Å². The third-order valence-corrected chi connectivity index (χ3v) is 4.47. The van der Waals surface area contributed by atoms with Crippen molar-refractivity contribution in [1.29, 1.82) is 0 Å². The second-order valence-corrected chi connectivity index (χ2v) is 6.22. The molecule has 2 aliphatic heterocycles. The van der Waals surface area contributed by atoms with Crippen molar-refractivity contribution in [3.63, 3.8) is 0 Å². The van der Waals surface area contributed by atoms with Gasteiger partial charge in [0.25, 0.3) is 0 Å². The number of carbonyl (C=O) groups excluding carboxylic acids is 1. The van der Waals surface area contributed by atoms with E-state index in [0.29, 0.717) is 11.6 Å². The number of hydrogen-bond acceptors (Lipinski definition) is 4. The summed E-state index contributed by atoms with van der Waals surface area (Å²) in [5.41, 5.74) is 1.71. The molecular weight excluding hydrogens is 294 g/mol. The summed E-state index contributed by atoms with van der Waals surface area (Å²) in [6, 6.07) is 9.13. The van der Waals surface area contributed by atoms with Crippen molar-refractivity contribution in [1.82, 2.24) is 10.2 Å². The lowest BCUT2D eigenvalue weighted by Crippen LogP contribution is -2.30. The second kappa shape index (κ2) is 5.70. The molecule has 3 heterocycles. The van der Waals surface area contributed by atoms with E-state index in [1.165, 1.54) is 0 Å². The van der Waals surface area contributed by atoms with E-state index in [1.807, 2.05) is 37.3 Å². The molecule has 0 unspecified atom stereocenters. The van der Waals surface area contributed by atoms with Gasteiger partial charge in [-0.25, -0.2) is 0 Å². The zero-order chi connectivity index (χ0) is 15.8. The van der Waals surface area contributed by atoms with E-state index < -0.39 is 0 Å². The van der Waals surface area contributed by atoms with Crippen LogP contribution in [0.5, 0.6) is 11.6 Å². The predicted octanol–water partition coefficient (Wildman–Crippen LogP) is 3.02. The van der Waals surface area contributed by atoms with Crippen molar-refractivity contribution in [2.75, 3.05) is 5.32 Å². The number of H-pyrrole nitrogens is 1. The molecule has 0 aliphatic carbocycles. The van der Waals surface area contributed by atoms with Crippen molar-refractivity contribution in [2.45, 2.75) is 38.4 Å². The molecule has 23 heavy (non-hydrogen) atoms. The highest BCUT2D eigenvalue weighted by molar-refractivity contribution is 5.93. The molecule has 1 aromatic heterocycles. The number of aromatic nitrogens is 2.